The molecule has 25 heavy (non-hydrogen) atoms. The summed E-state index contributed by atoms with van der Waals surface area (Å²) in [6, 6.07) is 17.0. The van der Waals surface area contributed by atoms with Crippen molar-refractivity contribution in [3.8, 4) is 11.1 Å². The van der Waals surface area contributed by atoms with Gasteiger partial charge < -0.3 is 0 Å². The lowest BCUT2D eigenvalue weighted by Crippen LogP contribution is -1.86. The van der Waals surface area contributed by atoms with E-state index in [1.807, 2.05) is 12.1 Å². The lowest BCUT2D eigenvalue weighted by molar-refractivity contribution is 0.567. The molecule has 0 N–H and O–H groups in total. The molecule has 0 saturated carbocycles. The van der Waals surface area contributed by atoms with Gasteiger partial charge in [0.05, 0.1) is 0 Å². The molecule has 0 nitrogen and oxygen atoms in total. The SMILES string of the molecule is CCCCCC(F)=Cc1ccc(-c2ccc(CCCCC)cc2)cc1. The van der Waals surface area contributed by atoms with Crippen molar-refractivity contribution in [1.29, 1.82) is 0 Å². The number of unbranched alkanes of at least 4 members (excludes halogenated alkanes) is 4. The summed E-state index contributed by atoms with van der Waals surface area (Å²) in [5.74, 6) is -0.0161. The van der Waals surface area contributed by atoms with Crippen LogP contribution in [0.1, 0.15) is 69.9 Å². The molecule has 0 aliphatic heterocycles. The van der Waals surface area contributed by atoms with Gasteiger partial charge in [0.15, 0.2) is 0 Å². The van der Waals surface area contributed by atoms with Crippen molar-refractivity contribution < 1.29 is 4.39 Å². The number of halogens is 1. The Kier molecular flexibility index (Phi) is 8.45. The molecule has 2 aromatic carbocycles. The minimum absolute atomic E-state index is 0.0161. The molecule has 0 aliphatic carbocycles. The quantitative estimate of drug-likeness (QED) is 0.385. The summed E-state index contributed by atoms with van der Waals surface area (Å²) in [5, 5.41) is 0. The average Bonchev–Trinajstić information content (AvgIpc) is 2.63. The van der Waals surface area contributed by atoms with E-state index in [0.717, 1.165) is 31.2 Å². The van der Waals surface area contributed by atoms with Crippen LogP contribution in [0.15, 0.2) is 54.4 Å². The van der Waals surface area contributed by atoms with Crippen LogP contribution in [0.3, 0.4) is 0 Å². The Morgan fingerprint density at radius 1 is 0.760 bits per heavy atom. The van der Waals surface area contributed by atoms with Crippen LogP contribution in [0.4, 0.5) is 4.39 Å². The zero-order chi connectivity index (χ0) is 17.9. The van der Waals surface area contributed by atoms with Gasteiger partial charge in [-0.05, 0) is 54.0 Å². The third kappa shape index (κ3) is 6.86. The first-order valence-corrected chi connectivity index (χ1v) is 9.78. The van der Waals surface area contributed by atoms with Crippen LogP contribution in [0.2, 0.25) is 0 Å². The summed E-state index contributed by atoms with van der Waals surface area (Å²) >= 11 is 0. The molecule has 0 heterocycles. The highest BCUT2D eigenvalue weighted by molar-refractivity contribution is 5.66. The monoisotopic (exact) mass is 338 g/mol. The Morgan fingerprint density at radius 2 is 1.32 bits per heavy atom. The molecule has 0 aromatic heterocycles. The number of rotatable bonds is 10. The first kappa shape index (κ1) is 19.4. The molecule has 0 bridgehead atoms. The van der Waals surface area contributed by atoms with Crippen molar-refractivity contribution in [3.05, 3.63) is 65.5 Å². The minimum atomic E-state index is -0.0161. The van der Waals surface area contributed by atoms with E-state index in [9.17, 15) is 4.39 Å². The van der Waals surface area contributed by atoms with Crippen molar-refractivity contribution >= 4 is 6.08 Å². The molecule has 0 aliphatic rings. The molecule has 134 valence electrons. The van der Waals surface area contributed by atoms with Gasteiger partial charge in [0, 0.05) is 0 Å². The van der Waals surface area contributed by atoms with E-state index >= 15 is 0 Å². The van der Waals surface area contributed by atoms with Gasteiger partial charge in [0.1, 0.15) is 5.83 Å². The van der Waals surface area contributed by atoms with Crippen LogP contribution >= 0.6 is 0 Å². The molecule has 0 saturated heterocycles. The fraction of sp³-hybridized carbons (Fsp3) is 0.417. The second kappa shape index (κ2) is 10.9. The zero-order valence-corrected chi connectivity index (χ0v) is 15.7. The number of benzene rings is 2. The van der Waals surface area contributed by atoms with E-state index in [1.54, 1.807) is 6.08 Å². The number of hydrogen-bond acceptors (Lipinski definition) is 0. The Bertz CT molecular complexity index is 635. The number of aryl methyl sites for hydroxylation is 1. The highest BCUT2D eigenvalue weighted by Crippen LogP contribution is 2.22. The molecule has 0 amide bonds. The molecule has 1 heteroatoms. The molecule has 0 spiro atoms. The van der Waals surface area contributed by atoms with Crippen LogP contribution in [-0.4, -0.2) is 0 Å². The van der Waals surface area contributed by atoms with Gasteiger partial charge in [-0.1, -0.05) is 88.1 Å². The second-order valence-corrected chi connectivity index (χ2v) is 6.82. The van der Waals surface area contributed by atoms with E-state index in [1.165, 1.54) is 36.0 Å². The van der Waals surface area contributed by atoms with Crippen molar-refractivity contribution in [3.63, 3.8) is 0 Å². The van der Waals surface area contributed by atoms with Gasteiger partial charge >= 0.3 is 0 Å². The molecular formula is C24H31F. The van der Waals surface area contributed by atoms with E-state index in [4.69, 9.17) is 0 Å². The van der Waals surface area contributed by atoms with E-state index in [0.29, 0.717) is 6.42 Å². The normalized spacial score (nSPS) is 11.7. The molecule has 2 rings (SSSR count). The maximum atomic E-state index is 13.9. The number of allylic oxidation sites excluding steroid dienone is 1. The van der Waals surface area contributed by atoms with Crippen molar-refractivity contribution in [2.75, 3.05) is 0 Å². The molecule has 0 radical (unpaired) electrons. The highest BCUT2D eigenvalue weighted by atomic mass is 19.1. The maximum Gasteiger partial charge on any atom is 0.101 e. The Labute approximate surface area is 152 Å². The van der Waals surface area contributed by atoms with Gasteiger partial charge in [0.25, 0.3) is 0 Å². The van der Waals surface area contributed by atoms with Crippen LogP contribution in [-0.2, 0) is 6.42 Å². The van der Waals surface area contributed by atoms with Crippen LogP contribution in [0.5, 0.6) is 0 Å². The lowest BCUT2D eigenvalue weighted by Gasteiger charge is -2.05. The van der Waals surface area contributed by atoms with Gasteiger partial charge in [-0.15, -0.1) is 0 Å². The fourth-order valence-corrected chi connectivity index (χ4v) is 3.01. The third-order valence-corrected chi connectivity index (χ3v) is 4.61. The van der Waals surface area contributed by atoms with Crippen molar-refractivity contribution in [2.24, 2.45) is 0 Å². The molecule has 0 atom stereocenters. The van der Waals surface area contributed by atoms with Gasteiger partial charge in [0.2, 0.25) is 0 Å². The molecule has 0 unspecified atom stereocenters. The van der Waals surface area contributed by atoms with Gasteiger partial charge in [-0.25, -0.2) is 4.39 Å². The minimum Gasteiger partial charge on any atom is -0.212 e. The van der Waals surface area contributed by atoms with Crippen LogP contribution in [0.25, 0.3) is 17.2 Å². The smallest absolute Gasteiger partial charge is 0.101 e. The summed E-state index contributed by atoms with van der Waals surface area (Å²) in [6.07, 6.45) is 10.3. The van der Waals surface area contributed by atoms with E-state index in [-0.39, 0.29) is 5.83 Å². The van der Waals surface area contributed by atoms with Crippen LogP contribution < -0.4 is 0 Å². The Hall–Kier alpha value is -1.89. The van der Waals surface area contributed by atoms with Crippen molar-refractivity contribution in [1.82, 2.24) is 0 Å². The molecule has 2 aromatic rings. The standard InChI is InChI=1S/C24H31F/c1-3-5-7-9-20-11-15-22(16-12-20)23-17-13-21(14-18-23)19-24(25)10-8-6-4-2/h11-19H,3-10H2,1-2H3. The van der Waals surface area contributed by atoms with E-state index in [2.05, 4.69) is 50.2 Å². The van der Waals surface area contributed by atoms with E-state index < -0.39 is 0 Å². The molecule has 0 fully saturated rings. The maximum absolute atomic E-state index is 13.9. The summed E-state index contributed by atoms with van der Waals surface area (Å²) in [7, 11) is 0. The average molecular weight is 339 g/mol. The fourth-order valence-electron chi connectivity index (χ4n) is 3.01. The highest BCUT2D eigenvalue weighted by Gasteiger charge is 2.00. The third-order valence-electron chi connectivity index (χ3n) is 4.61. The number of hydrogen-bond donors (Lipinski definition) is 0. The first-order valence-electron chi connectivity index (χ1n) is 9.78. The molecular weight excluding hydrogens is 307 g/mol. The second-order valence-electron chi connectivity index (χ2n) is 6.82. The summed E-state index contributed by atoms with van der Waals surface area (Å²) in [4.78, 5) is 0. The van der Waals surface area contributed by atoms with Crippen molar-refractivity contribution in [2.45, 2.75) is 65.2 Å². The Balaban J connectivity index is 1.96. The van der Waals surface area contributed by atoms with Crippen LogP contribution in [0, 0.1) is 0 Å². The summed E-state index contributed by atoms with van der Waals surface area (Å²) in [6.45, 7) is 4.37. The van der Waals surface area contributed by atoms with Gasteiger partial charge in [-0.3, -0.25) is 0 Å². The predicted molar refractivity (Wildman–Crippen MR) is 108 cm³/mol. The van der Waals surface area contributed by atoms with Gasteiger partial charge in [-0.2, -0.15) is 0 Å². The Morgan fingerprint density at radius 3 is 1.92 bits per heavy atom. The predicted octanol–water partition coefficient (Wildman–Crippen LogP) is 7.98. The first-order chi connectivity index (χ1) is 12.2. The summed E-state index contributed by atoms with van der Waals surface area (Å²) in [5.41, 5.74) is 4.75. The summed E-state index contributed by atoms with van der Waals surface area (Å²) < 4.78 is 13.9. The zero-order valence-electron chi connectivity index (χ0n) is 15.7. The topological polar surface area (TPSA) is 0 Å². The largest absolute Gasteiger partial charge is 0.212 e. The lowest BCUT2D eigenvalue weighted by atomic mass is 10.0.